The maximum absolute atomic E-state index is 3.35. The van der Waals surface area contributed by atoms with Crippen molar-refractivity contribution >= 4 is 12.2 Å². The zero-order valence-electron chi connectivity index (χ0n) is 11.2. The van der Waals surface area contributed by atoms with Crippen LogP contribution in [0.1, 0.15) is 22.3 Å². The lowest BCUT2D eigenvalue weighted by molar-refractivity contribution is 0.674. The Balaban J connectivity index is 1.42. The average molecular weight is 260 g/mol. The van der Waals surface area contributed by atoms with E-state index in [4.69, 9.17) is 0 Å². The summed E-state index contributed by atoms with van der Waals surface area (Å²) in [5.41, 5.74) is 14.6. The summed E-state index contributed by atoms with van der Waals surface area (Å²) < 4.78 is 0. The van der Waals surface area contributed by atoms with Crippen LogP contribution in [0.3, 0.4) is 0 Å². The summed E-state index contributed by atoms with van der Waals surface area (Å²) in [6.45, 7) is 0. The highest BCUT2D eigenvalue weighted by atomic mass is 15.4. The zero-order valence-corrected chi connectivity index (χ0v) is 11.2. The van der Waals surface area contributed by atoms with Crippen molar-refractivity contribution in [1.29, 1.82) is 0 Å². The lowest BCUT2D eigenvalue weighted by Gasteiger charge is -2.11. The summed E-state index contributed by atoms with van der Waals surface area (Å²) >= 11 is 0. The van der Waals surface area contributed by atoms with E-state index in [1.54, 1.807) is 0 Å². The van der Waals surface area contributed by atoms with Gasteiger partial charge in [-0.25, -0.2) is 0 Å². The second-order valence-corrected chi connectivity index (χ2v) is 5.34. The minimum absolute atomic E-state index is 0.976. The van der Waals surface area contributed by atoms with Crippen LogP contribution < -0.4 is 10.9 Å². The summed E-state index contributed by atoms with van der Waals surface area (Å²) in [6.07, 6.45) is 6.38. The first kappa shape index (κ1) is 11.4. The van der Waals surface area contributed by atoms with Crippen LogP contribution in [0.4, 0.5) is 0 Å². The predicted molar refractivity (Wildman–Crippen MR) is 82.5 cm³/mol. The Morgan fingerprint density at radius 2 is 1.05 bits per heavy atom. The fraction of sp³-hybridized carbons (Fsp3) is 0.111. The molecule has 0 aromatic heterocycles. The maximum atomic E-state index is 3.35. The second kappa shape index (κ2) is 4.57. The van der Waals surface area contributed by atoms with Gasteiger partial charge in [0.05, 0.1) is 0 Å². The van der Waals surface area contributed by atoms with Crippen LogP contribution in [0, 0.1) is 0 Å². The summed E-state index contributed by atoms with van der Waals surface area (Å²) in [5, 5.41) is 0. The first-order chi connectivity index (χ1) is 9.88. The van der Waals surface area contributed by atoms with Crippen molar-refractivity contribution in [2.24, 2.45) is 0 Å². The first-order valence-corrected chi connectivity index (χ1v) is 6.97. The molecule has 4 rings (SSSR count). The van der Waals surface area contributed by atoms with Crippen LogP contribution >= 0.6 is 0 Å². The number of nitrogens with one attached hydrogen (secondary N) is 2. The van der Waals surface area contributed by atoms with E-state index >= 15 is 0 Å². The summed E-state index contributed by atoms with van der Waals surface area (Å²) in [7, 11) is 0. The Morgan fingerprint density at radius 3 is 1.50 bits per heavy atom. The largest absolute Gasteiger partial charge is 0.305 e. The smallest absolute Gasteiger partial charge is 0.0364 e. The number of hydrazine groups is 1. The number of hydrogen-bond donors (Lipinski definition) is 2. The van der Waals surface area contributed by atoms with Crippen molar-refractivity contribution < 1.29 is 0 Å². The molecular weight excluding hydrogens is 244 g/mol. The molecule has 2 aliphatic carbocycles. The van der Waals surface area contributed by atoms with Gasteiger partial charge in [-0.3, -0.25) is 0 Å². The first-order valence-electron chi connectivity index (χ1n) is 6.97. The minimum atomic E-state index is 0.976. The van der Waals surface area contributed by atoms with Crippen molar-refractivity contribution in [2.75, 3.05) is 0 Å². The molecule has 2 heteroatoms. The highest BCUT2D eigenvalue weighted by molar-refractivity contribution is 5.64. The van der Waals surface area contributed by atoms with Crippen LogP contribution in [0.15, 0.2) is 59.9 Å². The molecule has 0 bridgehead atoms. The molecule has 20 heavy (non-hydrogen) atoms. The van der Waals surface area contributed by atoms with E-state index in [0.29, 0.717) is 0 Å². The molecule has 0 fully saturated rings. The van der Waals surface area contributed by atoms with Gasteiger partial charge in [0.1, 0.15) is 0 Å². The van der Waals surface area contributed by atoms with Crippen LogP contribution in [-0.4, -0.2) is 0 Å². The number of benzene rings is 2. The van der Waals surface area contributed by atoms with Gasteiger partial charge < -0.3 is 10.9 Å². The minimum Gasteiger partial charge on any atom is -0.305 e. The molecule has 0 spiro atoms. The lowest BCUT2D eigenvalue weighted by Crippen LogP contribution is -2.30. The lowest BCUT2D eigenvalue weighted by atomic mass is 10.1. The fourth-order valence-corrected chi connectivity index (χ4v) is 2.88. The van der Waals surface area contributed by atoms with Crippen LogP contribution in [0.5, 0.6) is 0 Å². The molecule has 2 aromatic rings. The van der Waals surface area contributed by atoms with Crippen LogP contribution in [0.25, 0.3) is 12.2 Å². The molecule has 2 aromatic carbocycles. The molecule has 98 valence electrons. The Hall–Kier alpha value is -2.48. The van der Waals surface area contributed by atoms with E-state index in [0.717, 1.165) is 12.8 Å². The summed E-state index contributed by atoms with van der Waals surface area (Å²) in [4.78, 5) is 0. The van der Waals surface area contributed by atoms with E-state index < -0.39 is 0 Å². The monoisotopic (exact) mass is 260 g/mol. The van der Waals surface area contributed by atoms with Crippen molar-refractivity contribution in [3.05, 3.63) is 82.2 Å². The fourth-order valence-electron chi connectivity index (χ4n) is 2.88. The van der Waals surface area contributed by atoms with Gasteiger partial charge in [0.25, 0.3) is 0 Å². The third-order valence-corrected chi connectivity index (χ3v) is 3.92. The van der Waals surface area contributed by atoms with Gasteiger partial charge in [0.2, 0.25) is 0 Å². The average Bonchev–Trinajstić information content (AvgIpc) is 3.07. The van der Waals surface area contributed by atoms with Crippen molar-refractivity contribution in [2.45, 2.75) is 12.8 Å². The Bertz CT molecular complexity index is 662. The van der Waals surface area contributed by atoms with Crippen molar-refractivity contribution in [3.8, 4) is 0 Å². The van der Waals surface area contributed by atoms with Crippen LogP contribution in [-0.2, 0) is 12.8 Å². The number of hydrogen-bond acceptors (Lipinski definition) is 2. The molecule has 0 saturated heterocycles. The molecule has 0 amide bonds. The number of allylic oxidation sites excluding steroid dienone is 2. The molecular formula is C18H16N2. The van der Waals surface area contributed by atoms with Crippen molar-refractivity contribution in [1.82, 2.24) is 10.9 Å². The van der Waals surface area contributed by atoms with E-state index in [1.807, 2.05) is 0 Å². The van der Waals surface area contributed by atoms with E-state index in [1.165, 1.54) is 33.6 Å². The van der Waals surface area contributed by atoms with Gasteiger partial charge in [-0.1, -0.05) is 48.5 Å². The Kier molecular flexibility index (Phi) is 2.59. The normalized spacial score (nSPS) is 15.2. The Labute approximate surface area is 118 Å². The maximum Gasteiger partial charge on any atom is 0.0364 e. The van der Waals surface area contributed by atoms with E-state index in [2.05, 4.69) is 71.5 Å². The van der Waals surface area contributed by atoms with E-state index in [-0.39, 0.29) is 0 Å². The van der Waals surface area contributed by atoms with Gasteiger partial charge in [0, 0.05) is 24.2 Å². The van der Waals surface area contributed by atoms with Gasteiger partial charge in [-0.05, 0) is 34.4 Å². The number of fused-ring (bicyclic) bond motifs is 2. The van der Waals surface area contributed by atoms with Gasteiger partial charge in [0.15, 0.2) is 0 Å². The predicted octanol–water partition coefficient (Wildman–Crippen LogP) is 3.28. The van der Waals surface area contributed by atoms with E-state index in [9.17, 15) is 0 Å². The molecule has 2 nitrogen and oxygen atoms in total. The topological polar surface area (TPSA) is 24.1 Å². The molecule has 2 N–H and O–H groups in total. The highest BCUT2D eigenvalue weighted by Gasteiger charge is 2.14. The molecule has 0 aliphatic heterocycles. The molecule has 2 aliphatic rings. The standard InChI is InChI=1S/C18H16N2/c1-2-6-14-10-17(9-13(14)5-1)19-20-18-11-15-7-3-4-8-16(15)12-18/h1-9,11,19-20H,10,12H2. The Morgan fingerprint density at radius 1 is 0.600 bits per heavy atom. The van der Waals surface area contributed by atoms with Gasteiger partial charge in [-0.15, -0.1) is 0 Å². The SMILES string of the molecule is C1=C(NNC2=Cc3ccccc3C2)Cc2ccccc21. The number of rotatable bonds is 3. The second-order valence-electron chi connectivity index (χ2n) is 5.34. The molecule has 0 atom stereocenters. The summed E-state index contributed by atoms with van der Waals surface area (Å²) in [5.74, 6) is 0. The van der Waals surface area contributed by atoms with Gasteiger partial charge >= 0.3 is 0 Å². The molecule has 0 unspecified atom stereocenters. The summed E-state index contributed by atoms with van der Waals surface area (Å²) in [6, 6.07) is 17.1. The molecule has 0 heterocycles. The van der Waals surface area contributed by atoms with Gasteiger partial charge in [-0.2, -0.15) is 0 Å². The quantitative estimate of drug-likeness (QED) is 0.828. The third-order valence-electron chi connectivity index (χ3n) is 3.92. The van der Waals surface area contributed by atoms with Crippen molar-refractivity contribution in [3.63, 3.8) is 0 Å². The van der Waals surface area contributed by atoms with Crippen LogP contribution in [0.2, 0.25) is 0 Å². The third kappa shape index (κ3) is 1.99. The highest BCUT2D eigenvalue weighted by Crippen LogP contribution is 2.24. The molecule has 0 radical (unpaired) electrons. The zero-order chi connectivity index (χ0) is 13.4. The molecule has 0 saturated carbocycles.